The highest BCUT2D eigenvalue weighted by molar-refractivity contribution is 6.05. The van der Waals surface area contributed by atoms with Gasteiger partial charge in [-0.25, -0.2) is 0 Å². The Balaban J connectivity index is 1.24. The molecule has 2 saturated heterocycles. The number of piperidine rings is 2. The van der Waals surface area contributed by atoms with Gasteiger partial charge >= 0.3 is 0 Å². The van der Waals surface area contributed by atoms with Crippen LogP contribution in [0.3, 0.4) is 0 Å². The molecule has 1 N–H and O–H groups in total. The number of ether oxygens (including phenoxy) is 1. The molecule has 3 aliphatic heterocycles. The van der Waals surface area contributed by atoms with Crippen LogP contribution in [0.25, 0.3) is 0 Å². The highest BCUT2D eigenvalue weighted by atomic mass is 16.5. The second kappa shape index (κ2) is 9.75. The Bertz CT molecular complexity index is 1210. The zero-order valence-corrected chi connectivity index (χ0v) is 20.6. The number of amides is 4. The Morgan fingerprint density at radius 2 is 2.03 bits per heavy atom. The number of nitrogens with one attached hydrogen (secondary N) is 1. The Labute approximate surface area is 209 Å². The van der Waals surface area contributed by atoms with Crippen molar-refractivity contribution in [3.63, 3.8) is 0 Å². The third-order valence-corrected chi connectivity index (χ3v) is 7.20. The lowest BCUT2D eigenvalue weighted by Gasteiger charge is -2.35. The first-order valence-electron chi connectivity index (χ1n) is 12.6. The van der Waals surface area contributed by atoms with E-state index in [0.29, 0.717) is 43.0 Å². The monoisotopic (exact) mass is 493 g/mol. The van der Waals surface area contributed by atoms with Gasteiger partial charge in [0.25, 0.3) is 11.8 Å². The maximum atomic E-state index is 13.2. The molecule has 1 aromatic carbocycles. The lowest BCUT2D eigenvalue weighted by molar-refractivity contribution is -0.136. The predicted octanol–water partition coefficient (Wildman–Crippen LogP) is 2.30. The zero-order chi connectivity index (χ0) is 25.4. The number of nitrogens with zero attached hydrogens (tertiary/aromatic N) is 4. The van der Waals surface area contributed by atoms with Gasteiger partial charge < -0.3 is 14.5 Å². The van der Waals surface area contributed by atoms with Crippen molar-refractivity contribution in [3.05, 3.63) is 47.3 Å². The smallest absolute Gasteiger partial charge is 0.257 e. The van der Waals surface area contributed by atoms with E-state index in [-0.39, 0.29) is 36.2 Å². The molecule has 0 aliphatic carbocycles. The van der Waals surface area contributed by atoms with Crippen molar-refractivity contribution >= 4 is 23.6 Å². The summed E-state index contributed by atoms with van der Waals surface area (Å²) in [5.74, 6) is -0.353. The summed E-state index contributed by atoms with van der Waals surface area (Å²) >= 11 is 0. The number of carbonyl (C=O) groups is 4. The van der Waals surface area contributed by atoms with Crippen LogP contribution < -0.4 is 10.1 Å². The molecule has 4 amide bonds. The molecule has 2 fully saturated rings. The van der Waals surface area contributed by atoms with Crippen molar-refractivity contribution in [2.24, 2.45) is 0 Å². The number of benzene rings is 1. The van der Waals surface area contributed by atoms with Crippen LogP contribution in [0.4, 0.5) is 0 Å². The Morgan fingerprint density at radius 1 is 1.19 bits per heavy atom. The predicted molar refractivity (Wildman–Crippen MR) is 129 cm³/mol. The number of rotatable bonds is 6. The fraction of sp³-hybridized carbons (Fsp3) is 0.500. The molecule has 1 aromatic heterocycles. The molecule has 0 radical (unpaired) electrons. The molecule has 2 atom stereocenters. The van der Waals surface area contributed by atoms with Gasteiger partial charge in [0.05, 0.1) is 17.8 Å². The normalized spacial score (nSPS) is 22.1. The number of imide groups is 1. The first-order chi connectivity index (χ1) is 17.3. The van der Waals surface area contributed by atoms with Crippen molar-refractivity contribution in [1.82, 2.24) is 24.9 Å². The fourth-order valence-corrected chi connectivity index (χ4v) is 5.17. The Kier molecular flexibility index (Phi) is 6.51. The lowest BCUT2D eigenvalue weighted by Crippen LogP contribution is -2.52. The molecule has 0 saturated carbocycles. The van der Waals surface area contributed by atoms with Gasteiger partial charge in [0, 0.05) is 37.3 Å². The number of fused-ring (bicyclic) bond motifs is 1. The molecule has 0 bridgehead atoms. The minimum atomic E-state index is -0.645. The van der Waals surface area contributed by atoms with E-state index in [1.165, 1.54) is 4.90 Å². The van der Waals surface area contributed by atoms with Gasteiger partial charge in [-0.15, -0.1) is 0 Å². The van der Waals surface area contributed by atoms with E-state index in [2.05, 4.69) is 10.4 Å². The number of hydrogen-bond acceptors (Lipinski definition) is 6. The molecular weight excluding hydrogens is 462 g/mol. The fourth-order valence-electron chi connectivity index (χ4n) is 5.17. The average molecular weight is 494 g/mol. The molecule has 10 heteroatoms. The lowest BCUT2D eigenvalue weighted by atomic mass is 10.0. The zero-order valence-electron chi connectivity index (χ0n) is 20.6. The van der Waals surface area contributed by atoms with Gasteiger partial charge in [0.2, 0.25) is 11.8 Å². The summed E-state index contributed by atoms with van der Waals surface area (Å²) < 4.78 is 7.90. The highest BCUT2D eigenvalue weighted by Crippen LogP contribution is 2.30. The van der Waals surface area contributed by atoms with Crippen LogP contribution in [0.5, 0.6) is 5.75 Å². The molecule has 4 heterocycles. The van der Waals surface area contributed by atoms with Gasteiger partial charge in [0.15, 0.2) is 0 Å². The second-order valence-electron chi connectivity index (χ2n) is 9.98. The number of likely N-dealkylation sites (tertiary alicyclic amines) is 1. The topological polar surface area (TPSA) is 114 Å². The Hall–Kier alpha value is -3.69. The summed E-state index contributed by atoms with van der Waals surface area (Å²) in [5, 5.41) is 6.62. The summed E-state index contributed by atoms with van der Waals surface area (Å²) in [6, 6.07) is 4.80. The summed E-state index contributed by atoms with van der Waals surface area (Å²) in [5.41, 5.74) is 1.92. The minimum absolute atomic E-state index is 0.0327. The number of aromatic nitrogens is 2. The maximum absolute atomic E-state index is 13.2. The van der Waals surface area contributed by atoms with Gasteiger partial charge in [0.1, 0.15) is 18.4 Å². The second-order valence-corrected chi connectivity index (χ2v) is 9.98. The summed E-state index contributed by atoms with van der Waals surface area (Å²) in [4.78, 5) is 53.3. The highest BCUT2D eigenvalue weighted by Gasteiger charge is 2.39. The van der Waals surface area contributed by atoms with Crippen molar-refractivity contribution in [2.45, 2.75) is 70.6 Å². The van der Waals surface area contributed by atoms with Gasteiger partial charge in [-0.1, -0.05) is 0 Å². The molecule has 36 heavy (non-hydrogen) atoms. The molecule has 10 nitrogen and oxygen atoms in total. The molecular formula is C26H31N5O5. The van der Waals surface area contributed by atoms with Crippen LogP contribution >= 0.6 is 0 Å². The third-order valence-electron chi connectivity index (χ3n) is 7.20. The van der Waals surface area contributed by atoms with E-state index >= 15 is 0 Å². The van der Waals surface area contributed by atoms with E-state index in [1.807, 2.05) is 24.8 Å². The van der Waals surface area contributed by atoms with E-state index < -0.39 is 11.9 Å². The average Bonchev–Trinajstić information content (AvgIpc) is 3.48. The molecule has 190 valence electrons. The largest absolute Gasteiger partial charge is 0.491 e. The molecule has 5 rings (SSSR count). The first-order valence-corrected chi connectivity index (χ1v) is 12.6. The number of carbonyl (C=O) groups excluding carboxylic acids is 4. The van der Waals surface area contributed by atoms with Crippen LogP contribution in [-0.2, 0) is 16.1 Å². The Morgan fingerprint density at radius 3 is 2.78 bits per heavy atom. The maximum Gasteiger partial charge on any atom is 0.257 e. The molecule has 3 aliphatic rings. The van der Waals surface area contributed by atoms with E-state index in [9.17, 15) is 19.2 Å². The van der Waals surface area contributed by atoms with Gasteiger partial charge in [-0.3, -0.25) is 29.2 Å². The standard InChI is InChI=1S/C26H31N5O5/c1-16(2)31-14-18(12-27-31)25(34)29-10-4-3-5-19(29)15-36-20-6-7-21-17(11-20)13-30(26(21)35)22-8-9-23(32)28-24(22)33/h6-7,11-12,14,16,19,22H,3-5,8-10,13,15H2,1-2H3,(H,28,32,33)/t19-,22?/m1/s1. The molecule has 0 spiro atoms. The van der Waals surface area contributed by atoms with Crippen molar-refractivity contribution in [3.8, 4) is 5.75 Å². The molecule has 1 unspecified atom stereocenters. The summed E-state index contributed by atoms with van der Waals surface area (Å²) in [6.45, 7) is 5.37. The van der Waals surface area contributed by atoms with Crippen LogP contribution in [0.15, 0.2) is 30.6 Å². The summed E-state index contributed by atoms with van der Waals surface area (Å²) in [7, 11) is 0. The third kappa shape index (κ3) is 4.59. The summed E-state index contributed by atoms with van der Waals surface area (Å²) in [6.07, 6.45) is 6.82. The van der Waals surface area contributed by atoms with Crippen molar-refractivity contribution in [2.75, 3.05) is 13.2 Å². The van der Waals surface area contributed by atoms with Crippen LogP contribution in [0.2, 0.25) is 0 Å². The van der Waals surface area contributed by atoms with Crippen LogP contribution in [-0.4, -0.2) is 68.4 Å². The first kappa shape index (κ1) is 24.0. The van der Waals surface area contributed by atoms with Gasteiger partial charge in [-0.2, -0.15) is 5.10 Å². The quantitative estimate of drug-likeness (QED) is 0.618. The van der Waals surface area contributed by atoms with E-state index in [1.54, 1.807) is 29.2 Å². The minimum Gasteiger partial charge on any atom is -0.491 e. The van der Waals surface area contributed by atoms with E-state index in [0.717, 1.165) is 24.8 Å². The van der Waals surface area contributed by atoms with Crippen LogP contribution in [0, 0.1) is 0 Å². The van der Waals surface area contributed by atoms with Gasteiger partial charge in [-0.05, 0) is 63.3 Å². The molecule has 2 aromatic rings. The van der Waals surface area contributed by atoms with E-state index in [4.69, 9.17) is 4.74 Å². The number of hydrogen-bond donors (Lipinski definition) is 1. The SMILES string of the molecule is CC(C)n1cc(C(=O)N2CCCC[C@@H]2COc2ccc3c(c2)CN(C2CCC(=O)NC2=O)C3=O)cn1. The van der Waals surface area contributed by atoms with Crippen LogP contribution in [0.1, 0.15) is 78.3 Å². The van der Waals surface area contributed by atoms with Crippen molar-refractivity contribution in [1.29, 1.82) is 0 Å². The van der Waals surface area contributed by atoms with Crippen molar-refractivity contribution < 1.29 is 23.9 Å².